The average molecular weight is 585 g/mol. The van der Waals surface area contributed by atoms with Gasteiger partial charge in [-0.25, -0.2) is 15.0 Å². The normalized spacial score (nSPS) is 11.4. The maximum Gasteiger partial charge on any atom is 0.387 e. The van der Waals surface area contributed by atoms with Crippen LogP contribution in [-0.2, 0) is 13.5 Å². The highest BCUT2D eigenvalue weighted by Gasteiger charge is 2.18. The molecule has 0 aliphatic heterocycles. The first kappa shape index (κ1) is 27.8. The van der Waals surface area contributed by atoms with Crippen molar-refractivity contribution in [3.63, 3.8) is 0 Å². The third kappa shape index (κ3) is 5.71. The number of aryl methyl sites for hydroxylation is 1. The van der Waals surface area contributed by atoms with E-state index in [0.29, 0.717) is 53.4 Å². The molecule has 0 fully saturated rings. The molecule has 218 valence electrons. The molecule has 0 amide bonds. The molecule has 0 N–H and O–H groups in total. The number of benzene rings is 2. The summed E-state index contributed by atoms with van der Waals surface area (Å²) in [6.07, 6.45) is 3.82. The largest absolute Gasteiger partial charge is 0.477 e. The van der Waals surface area contributed by atoms with Crippen molar-refractivity contribution in [2.45, 2.75) is 20.0 Å². The van der Waals surface area contributed by atoms with Crippen LogP contribution in [0.1, 0.15) is 12.7 Å². The number of alkyl halides is 2. The molecule has 6 rings (SSSR count). The maximum atomic E-state index is 14.1. The molecule has 2 aromatic carbocycles. The summed E-state index contributed by atoms with van der Waals surface area (Å²) in [5.74, 6) is 1.34. The third-order valence-electron chi connectivity index (χ3n) is 6.81. The molecule has 0 aliphatic carbocycles. The summed E-state index contributed by atoms with van der Waals surface area (Å²) in [6.45, 7) is -0.412. The number of ether oxygens (including phenoxy) is 3. The molecule has 6 aromatic rings. The fourth-order valence-electron chi connectivity index (χ4n) is 4.81. The minimum atomic E-state index is -2.96. The van der Waals surface area contributed by atoms with E-state index in [0.717, 1.165) is 16.9 Å². The van der Waals surface area contributed by atoms with E-state index in [1.165, 1.54) is 28.8 Å². The summed E-state index contributed by atoms with van der Waals surface area (Å²) in [5, 5.41) is 0.587. The highest BCUT2D eigenvalue weighted by atomic mass is 19.3. The summed E-state index contributed by atoms with van der Waals surface area (Å²) >= 11 is 0. The highest BCUT2D eigenvalue weighted by Crippen LogP contribution is 2.27. The maximum absolute atomic E-state index is 14.1. The van der Waals surface area contributed by atoms with Crippen LogP contribution in [0.15, 0.2) is 83.9 Å². The lowest BCUT2D eigenvalue weighted by Crippen LogP contribution is -2.21. The van der Waals surface area contributed by atoms with E-state index in [2.05, 4.69) is 19.7 Å². The van der Waals surface area contributed by atoms with Gasteiger partial charge in [0, 0.05) is 42.9 Å². The minimum absolute atomic E-state index is 0.0280. The van der Waals surface area contributed by atoms with E-state index in [4.69, 9.17) is 14.5 Å². The summed E-state index contributed by atoms with van der Waals surface area (Å²) in [5.41, 5.74) is 3.05. The smallest absolute Gasteiger partial charge is 0.387 e. The van der Waals surface area contributed by atoms with Crippen LogP contribution < -0.4 is 19.8 Å². The van der Waals surface area contributed by atoms with Crippen molar-refractivity contribution >= 4 is 22.1 Å². The Morgan fingerprint density at radius 2 is 1.79 bits per heavy atom. The molecule has 10 nitrogen and oxygen atoms in total. The van der Waals surface area contributed by atoms with Crippen LogP contribution in [0.3, 0.4) is 0 Å². The SMILES string of the molecule is CCOc1ncc2cc(-c3ccc4nc(CCOc5ccccn5)n(C)c4c3)c(=O)n(-c3ccc(OC(F)F)cc3)c2n1. The van der Waals surface area contributed by atoms with Gasteiger partial charge in [-0.3, -0.25) is 9.36 Å². The van der Waals surface area contributed by atoms with Crippen molar-refractivity contribution in [2.24, 2.45) is 7.05 Å². The van der Waals surface area contributed by atoms with Gasteiger partial charge in [0.2, 0.25) is 5.88 Å². The Bertz CT molecular complexity index is 1960. The van der Waals surface area contributed by atoms with E-state index in [9.17, 15) is 13.6 Å². The van der Waals surface area contributed by atoms with Gasteiger partial charge in [0.25, 0.3) is 5.56 Å². The lowest BCUT2D eigenvalue weighted by atomic mass is 10.0. The predicted molar refractivity (Wildman–Crippen MR) is 156 cm³/mol. The van der Waals surface area contributed by atoms with E-state index in [-0.39, 0.29) is 17.3 Å². The predicted octanol–water partition coefficient (Wildman–Crippen LogP) is 5.35. The Balaban J connectivity index is 1.41. The van der Waals surface area contributed by atoms with Crippen molar-refractivity contribution in [3.05, 3.63) is 95.3 Å². The molecule has 0 saturated carbocycles. The lowest BCUT2D eigenvalue weighted by molar-refractivity contribution is -0.0498. The molecule has 12 heteroatoms. The fourth-order valence-corrected chi connectivity index (χ4v) is 4.81. The second-order valence-corrected chi connectivity index (χ2v) is 9.49. The summed E-state index contributed by atoms with van der Waals surface area (Å²) in [4.78, 5) is 31.8. The van der Waals surface area contributed by atoms with Gasteiger partial charge in [-0.2, -0.15) is 13.8 Å². The van der Waals surface area contributed by atoms with E-state index in [1.807, 2.05) is 41.9 Å². The fraction of sp³-hybridized carbons (Fsp3) is 0.194. The molecule has 4 heterocycles. The number of hydrogen-bond donors (Lipinski definition) is 0. The Labute approximate surface area is 244 Å². The number of nitrogens with zero attached hydrogens (tertiary/aromatic N) is 6. The van der Waals surface area contributed by atoms with E-state index in [1.54, 1.807) is 31.5 Å². The van der Waals surface area contributed by atoms with Gasteiger partial charge in [-0.15, -0.1) is 0 Å². The number of fused-ring (bicyclic) bond motifs is 2. The quantitative estimate of drug-likeness (QED) is 0.212. The topological polar surface area (TPSA) is 106 Å². The molecule has 0 spiro atoms. The molecule has 43 heavy (non-hydrogen) atoms. The van der Waals surface area contributed by atoms with Crippen LogP contribution in [0, 0.1) is 0 Å². The third-order valence-corrected chi connectivity index (χ3v) is 6.81. The van der Waals surface area contributed by atoms with Crippen LogP contribution in [0.4, 0.5) is 8.78 Å². The van der Waals surface area contributed by atoms with Crippen molar-refractivity contribution in [1.29, 1.82) is 0 Å². The second-order valence-electron chi connectivity index (χ2n) is 9.49. The highest BCUT2D eigenvalue weighted by molar-refractivity contribution is 5.87. The second kappa shape index (κ2) is 11.8. The molecule has 0 aliphatic rings. The molecule has 0 bridgehead atoms. The van der Waals surface area contributed by atoms with Crippen molar-refractivity contribution in [2.75, 3.05) is 13.2 Å². The first-order chi connectivity index (χ1) is 20.9. The molecule has 0 unspecified atom stereocenters. The van der Waals surface area contributed by atoms with Crippen LogP contribution in [-0.4, -0.2) is 48.9 Å². The van der Waals surface area contributed by atoms with Crippen LogP contribution in [0.5, 0.6) is 17.6 Å². The standard InChI is InChI=1S/C31H26F2N6O4/c1-3-41-31-35-18-20-16-23(29(40)39(28(20)37-31)21-8-10-22(11-9-21)43-30(32)33)19-7-12-24-25(17-19)38(2)26(36-24)13-15-42-27-6-4-5-14-34-27/h4-12,14,16-18,30H,3,13,15H2,1-2H3. The van der Waals surface area contributed by atoms with Gasteiger partial charge in [-0.05, 0) is 61.0 Å². The minimum Gasteiger partial charge on any atom is -0.477 e. The Morgan fingerprint density at radius 1 is 0.953 bits per heavy atom. The van der Waals surface area contributed by atoms with Crippen LogP contribution in [0.2, 0.25) is 0 Å². The van der Waals surface area contributed by atoms with Crippen LogP contribution in [0.25, 0.3) is 38.9 Å². The molecular weight excluding hydrogens is 558 g/mol. The Kier molecular flexibility index (Phi) is 7.65. The zero-order valence-electron chi connectivity index (χ0n) is 23.3. The Hall–Kier alpha value is -5.39. The molecule has 0 radical (unpaired) electrons. The van der Waals surface area contributed by atoms with Crippen molar-refractivity contribution < 1.29 is 23.0 Å². The number of halogens is 2. The van der Waals surface area contributed by atoms with Crippen molar-refractivity contribution in [1.82, 2.24) is 29.1 Å². The summed E-state index contributed by atoms with van der Waals surface area (Å²) < 4.78 is 44.5. The van der Waals surface area contributed by atoms with Gasteiger partial charge in [0.15, 0.2) is 5.65 Å². The van der Waals surface area contributed by atoms with Gasteiger partial charge in [0.05, 0.1) is 29.9 Å². The summed E-state index contributed by atoms with van der Waals surface area (Å²) in [6, 6.07) is 18.7. The molecular formula is C31H26F2N6O4. The van der Waals surface area contributed by atoms with Crippen molar-refractivity contribution in [3.8, 4) is 34.5 Å². The number of aromatic nitrogens is 6. The zero-order valence-corrected chi connectivity index (χ0v) is 23.3. The molecule has 0 atom stereocenters. The average Bonchev–Trinajstić information content (AvgIpc) is 3.32. The summed E-state index contributed by atoms with van der Waals surface area (Å²) in [7, 11) is 1.92. The number of pyridine rings is 2. The number of imidazole rings is 1. The number of hydrogen-bond acceptors (Lipinski definition) is 8. The zero-order chi connectivity index (χ0) is 29.9. The molecule has 0 saturated heterocycles. The monoisotopic (exact) mass is 584 g/mol. The van der Waals surface area contributed by atoms with Gasteiger partial charge < -0.3 is 18.8 Å². The van der Waals surface area contributed by atoms with E-state index >= 15 is 0 Å². The Morgan fingerprint density at radius 3 is 2.53 bits per heavy atom. The van der Waals surface area contributed by atoms with Gasteiger partial charge in [-0.1, -0.05) is 12.1 Å². The van der Waals surface area contributed by atoms with Gasteiger partial charge >= 0.3 is 12.6 Å². The molecule has 4 aromatic heterocycles. The first-order valence-electron chi connectivity index (χ1n) is 13.5. The van der Waals surface area contributed by atoms with E-state index < -0.39 is 6.61 Å². The van der Waals surface area contributed by atoms with Gasteiger partial charge in [0.1, 0.15) is 11.6 Å². The first-order valence-corrected chi connectivity index (χ1v) is 13.5. The van der Waals surface area contributed by atoms with Crippen LogP contribution >= 0.6 is 0 Å². The lowest BCUT2D eigenvalue weighted by Gasteiger charge is -2.14. The number of rotatable bonds is 10.